The molecule has 2 aromatic heterocycles. The number of rotatable bonds is 2. The summed E-state index contributed by atoms with van der Waals surface area (Å²) in [6.45, 7) is 1.70. The first-order chi connectivity index (χ1) is 9.50. The van der Waals surface area contributed by atoms with Gasteiger partial charge in [-0.2, -0.15) is 0 Å². The molecule has 0 amide bonds. The maximum absolute atomic E-state index is 12.7. The fraction of sp³-hybridized carbons (Fsp3) is 0.0769. The third-order valence-electron chi connectivity index (χ3n) is 2.93. The van der Waals surface area contributed by atoms with Crippen molar-refractivity contribution in [2.45, 2.75) is 11.8 Å². The van der Waals surface area contributed by atoms with Crippen LogP contribution in [0.2, 0.25) is 5.28 Å². The normalized spacial score (nSPS) is 11.9. The van der Waals surface area contributed by atoms with Crippen molar-refractivity contribution in [1.82, 2.24) is 13.9 Å². The Kier molecular flexibility index (Phi) is 2.99. The van der Waals surface area contributed by atoms with Crippen molar-refractivity contribution in [2.75, 3.05) is 0 Å². The molecule has 102 valence electrons. The van der Waals surface area contributed by atoms with E-state index >= 15 is 0 Å². The first-order valence-corrected chi connectivity index (χ1v) is 7.63. The van der Waals surface area contributed by atoms with E-state index in [1.165, 1.54) is 10.2 Å². The van der Waals surface area contributed by atoms with Gasteiger partial charge in [0, 0.05) is 5.69 Å². The second-order valence-electron chi connectivity index (χ2n) is 4.28. The standard InChI is InChI=1S/C13H10ClN3O2S/c1-9-7-11-12(8-15-13(14)16-11)17(9)20(18,19)10-5-3-2-4-6-10/h2-8H,1H3. The van der Waals surface area contributed by atoms with Crippen LogP contribution in [0.4, 0.5) is 0 Å². The van der Waals surface area contributed by atoms with E-state index in [-0.39, 0.29) is 10.2 Å². The van der Waals surface area contributed by atoms with Gasteiger partial charge in [-0.25, -0.2) is 22.4 Å². The van der Waals surface area contributed by atoms with Gasteiger partial charge in [-0.1, -0.05) is 18.2 Å². The predicted octanol–water partition coefficient (Wildman–Crippen LogP) is 2.63. The molecule has 0 radical (unpaired) electrons. The minimum atomic E-state index is -3.67. The van der Waals surface area contributed by atoms with Crippen molar-refractivity contribution < 1.29 is 8.42 Å². The molecule has 0 atom stereocenters. The van der Waals surface area contributed by atoms with E-state index in [9.17, 15) is 8.42 Å². The molecule has 0 aliphatic rings. The van der Waals surface area contributed by atoms with Gasteiger partial charge in [-0.15, -0.1) is 0 Å². The topological polar surface area (TPSA) is 64.8 Å². The highest BCUT2D eigenvalue weighted by atomic mass is 35.5. The summed E-state index contributed by atoms with van der Waals surface area (Å²) in [5.41, 5.74) is 1.47. The molecule has 2 heterocycles. The Hall–Kier alpha value is -1.92. The lowest BCUT2D eigenvalue weighted by molar-refractivity contribution is 0.588. The van der Waals surface area contributed by atoms with Crippen LogP contribution in [0.3, 0.4) is 0 Å². The van der Waals surface area contributed by atoms with E-state index < -0.39 is 10.0 Å². The SMILES string of the molecule is Cc1cc2nc(Cl)ncc2n1S(=O)(=O)c1ccccc1. The molecule has 7 heteroatoms. The van der Waals surface area contributed by atoms with Crippen molar-refractivity contribution in [1.29, 1.82) is 0 Å². The molecule has 0 fully saturated rings. The molecule has 0 saturated carbocycles. The quantitative estimate of drug-likeness (QED) is 0.683. The predicted molar refractivity (Wildman–Crippen MR) is 76.3 cm³/mol. The molecule has 3 rings (SSSR count). The molecule has 0 aliphatic carbocycles. The fourth-order valence-electron chi connectivity index (χ4n) is 2.09. The molecule has 0 aliphatic heterocycles. The number of aryl methyl sites for hydroxylation is 1. The summed E-state index contributed by atoms with van der Waals surface area (Å²) in [7, 11) is -3.67. The second-order valence-corrected chi connectivity index (χ2v) is 6.40. The minimum absolute atomic E-state index is 0.0896. The highest BCUT2D eigenvalue weighted by Gasteiger charge is 2.21. The van der Waals surface area contributed by atoms with Gasteiger partial charge in [-0.05, 0) is 36.7 Å². The summed E-state index contributed by atoms with van der Waals surface area (Å²) in [6.07, 6.45) is 1.41. The van der Waals surface area contributed by atoms with E-state index in [1.54, 1.807) is 43.3 Å². The number of fused-ring (bicyclic) bond motifs is 1. The lowest BCUT2D eigenvalue weighted by atomic mass is 10.4. The minimum Gasteiger partial charge on any atom is -0.235 e. The molecule has 5 nitrogen and oxygen atoms in total. The maximum Gasteiger partial charge on any atom is 0.268 e. The lowest BCUT2D eigenvalue weighted by Crippen LogP contribution is -2.14. The molecule has 0 N–H and O–H groups in total. The molecule has 3 aromatic rings. The van der Waals surface area contributed by atoms with Gasteiger partial charge >= 0.3 is 0 Å². The Labute approximate surface area is 120 Å². The zero-order valence-electron chi connectivity index (χ0n) is 10.5. The average molecular weight is 308 g/mol. The third-order valence-corrected chi connectivity index (χ3v) is 4.95. The van der Waals surface area contributed by atoms with Crippen molar-refractivity contribution >= 4 is 32.7 Å². The Morgan fingerprint density at radius 2 is 1.90 bits per heavy atom. The largest absolute Gasteiger partial charge is 0.268 e. The molecular weight excluding hydrogens is 298 g/mol. The molecule has 20 heavy (non-hydrogen) atoms. The molecule has 0 spiro atoms. The van der Waals surface area contributed by atoms with Crippen molar-refractivity contribution in [3.63, 3.8) is 0 Å². The number of aromatic nitrogens is 3. The lowest BCUT2D eigenvalue weighted by Gasteiger charge is -2.09. The van der Waals surface area contributed by atoms with E-state index in [0.717, 1.165) is 0 Å². The summed E-state index contributed by atoms with van der Waals surface area (Å²) in [5, 5.41) is 0.0896. The highest BCUT2D eigenvalue weighted by Crippen LogP contribution is 2.24. The smallest absolute Gasteiger partial charge is 0.235 e. The number of benzene rings is 1. The highest BCUT2D eigenvalue weighted by molar-refractivity contribution is 7.90. The van der Waals surface area contributed by atoms with E-state index in [4.69, 9.17) is 11.6 Å². The van der Waals surface area contributed by atoms with Crippen LogP contribution in [0.5, 0.6) is 0 Å². The number of hydrogen-bond donors (Lipinski definition) is 0. The molecule has 0 bridgehead atoms. The average Bonchev–Trinajstić information content (AvgIpc) is 2.75. The van der Waals surface area contributed by atoms with Crippen LogP contribution < -0.4 is 0 Å². The summed E-state index contributed by atoms with van der Waals surface area (Å²) in [4.78, 5) is 8.11. The van der Waals surface area contributed by atoms with Crippen LogP contribution in [-0.4, -0.2) is 22.4 Å². The van der Waals surface area contributed by atoms with Crippen molar-refractivity contribution in [3.8, 4) is 0 Å². The molecule has 1 aromatic carbocycles. The number of halogens is 1. The van der Waals surface area contributed by atoms with Gasteiger partial charge in [-0.3, -0.25) is 0 Å². The zero-order valence-corrected chi connectivity index (χ0v) is 12.1. The van der Waals surface area contributed by atoms with E-state index in [2.05, 4.69) is 9.97 Å². The number of nitrogens with zero attached hydrogens (tertiary/aromatic N) is 3. The van der Waals surface area contributed by atoms with Crippen LogP contribution in [0, 0.1) is 6.92 Å². The first-order valence-electron chi connectivity index (χ1n) is 5.81. The molecular formula is C13H10ClN3O2S. The van der Waals surface area contributed by atoms with Gasteiger partial charge in [0.2, 0.25) is 5.28 Å². The maximum atomic E-state index is 12.7. The number of hydrogen-bond acceptors (Lipinski definition) is 4. The Morgan fingerprint density at radius 3 is 2.60 bits per heavy atom. The zero-order chi connectivity index (χ0) is 14.3. The Balaban J connectivity index is 2.32. The van der Waals surface area contributed by atoms with Crippen LogP contribution in [0.1, 0.15) is 5.69 Å². The van der Waals surface area contributed by atoms with Gasteiger partial charge < -0.3 is 0 Å². The molecule has 0 unspecified atom stereocenters. The Bertz CT molecular complexity index is 889. The summed E-state index contributed by atoms with van der Waals surface area (Å²) >= 11 is 5.73. The Morgan fingerprint density at radius 1 is 1.20 bits per heavy atom. The van der Waals surface area contributed by atoms with E-state index in [1.807, 2.05) is 0 Å². The van der Waals surface area contributed by atoms with Crippen LogP contribution in [0.25, 0.3) is 11.0 Å². The summed E-state index contributed by atoms with van der Waals surface area (Å²) in [5.74, 6) is 0. The molecule has 0 saturated heterocycles. The van der Waals surface area contributed by atoms with Gasteiger partial charge in [0.15, 0.2) is 0 Å². The first kappa shape index (κ1) is 13.1. The fourth-order valence-corrected chi connectivity index (χ4v) is 3.78. The van der Waals surface area contributed by atoms with E-state index in [0.29, 0.717) is 16.7 Å². The van der Waals surface area contributed by atoms with Crippen molar-refractivity contribution in [3.05, 3.63) is 53.6 Å². The van der Waals surface area contributed by atoms with Crippen LogP contribution in [0.15, 0.2) is 47.5 Å². The van der Waals surface area contributed by atoms with Gasteiger partial charge in [0.25, 0.3) is 10.0 Å². The third kappa shape index (κ3) is 1.97. The summed E-state index contributed by atoms with van der Waals surface area (Å²) < 4.78 is 26.6. The summed E-state index contributed by atoms with van der Waals surface area (Å²) in [6, 6.07) is 9.91. The monoisotopic (exact) mass is 307 g/mol. The van der Waals surface area contributed by atoms with Crippen LogP contribution >= 0.6 is 11.6 Å². The van der Waals surface area contributed by atoms with Gasteiger partial charge in [0.1, 0.15) is 5.52 Å². The van der Waals surface area contributed by atoms with Crippen molar-refractivity contribution in [2.24, 2.45) is 0 Å². The van der Waals surface area contributed by atoms with Crippen LogP contribution in [-0.2, 0) is 10.0 Å². The van der Waals surface area contributed by atoms with Gasteiger partial charge in [0.05, 0.1) is 16.6 Å². The second kappa shape index (κ2) is 4.57.